The van der Waals surface area contributed by atoms with Gasteiger partial charge in [0, 0.05) is 16.7 Å². The van der Waals surface area contributed by atoms with Gasteiger partial charge in [0.15, 0.2) is 6.17 Å². The van der Waals surface area contributed by atoms with Crippen LogP contribution in [0.3, 0.4) is 0 Å². The fourth-order valence-electron chi connectivity index (χ4n) is 4.25. The van der Waals surface area contributed by atoms with E-state index in [-0.39, 0.29) is 28.3 Å². The number of hydrogen-bond acceptors (Lipinski definition) is 3. The number of alkyl halides is 1. The minimum Gasteiger partial charge on any atom is -0.465 e. The summed E-state index contributed by atoms with van der Waals surface area (Å²) in [5.41, 5.74) is 3.49. The molecule has 4 aromatic rings. The van der Waals surface area contributed by atoms with Crippen molar-refractivity contribution in [2.45, 2.75) is 32.9 Å². The van der Waals surface area contributed by atoms with Gasteiger partial charge >= 0.3 is 5.97 Å². The number of halogens is 3. The van der Waals surface area contributed by atoms with Crippen LogP contribution in [0, 0.1) is 18.6 Å². The Labute approximate surface area is 208 Å². The molecule has 1 heterocycles. The van der Waals surface area contributed by atoms with Gasteiger partial charge in [-0.05, 0) is 60.4 Å². The van der Waals surface area contributed by atoms with Crippen LogP contribution in [0.5, 0.6) is 0 Å². The lowest BCUT2D eigenvalue weighted by Crippen LogP contribution is -2.15. The molecular weight excluding hydrogens is 463 g/mol. The molecular formula is C30H26F3NO2. The summed E-state index contributed by atoms with van der Waals surface area (Å²) >= 11 is 0. The van der Waals surface area contributed by atoms with E-state index in [0.29, 0.717) is 22.4 Å². The number of esters is 1. The molecule has 0 aliphatic carbocycles. The summed E-state index contributed by atoms with van der Waals surface area (Å²) in [6, 6.07) is 18.1. The van der Waals surface area contributed by atoms with Crippen molar-refractivity contribution in [2.75, 3.05) is 7.11 Å². The summed E-state index contributed by atoms with van der Waals surface area (Å²) in [6.07, 6.45) is -1.62. The number of ether oxygens (including phenoxy) is 1. The third kappa shape index (κ3) is 4.89. The molecule has 1 aromatic heterocycles. The molecule has 184 valence electrons. The number of nitrogens with zero attached hydrogens (tertiary/aromatic N) is 1. The van der Waals surface area contributed by atoms with E-state index in [1.165, 1.54) is 55.6 Å². The third-order valence-corrected chi connectivity index (χ3v) is 6.07. The minimum atomic E-state index is -1.62. The lowest BCUT2D eigenvalue weighted by Gasteiger charge is -2.25. The first-order chi connectivity index (χ1) is 17.2. The normalized spacial score (nSPS) is 12.0. The Kier molecular flexibility index (Phi) is 7.25. The molecule has 1 atom stereocenters. The average Bonchev–Trinajstić information content (AvgIpc) is 2.88. The average molecular weight is 490 g/mol. The maximum absolute atomic E-state index is 16.5. The van der Waals surface area contributed by atoms with Crippen molar-refractivity contribution in [3.8, 4) is 22.4 Å². The van der Waals surface area contributed by atoms with Crippen molar-refractivity contribution >= 4 is 5.97 Å². The monoisotopic (exact) mass is 489 g/mol. The predicted octanol–water partition coefficient (Wildman–Crippen LogP) is 7.97. The second-order valence-corrected chi connectivity index (χ2v) is 8.94. The fourth-order valence-corrected chi connectivity index (χ4v) is 4.25. The molecule has 0 saturated carbocycles. The molecule has 36 heavy (non-hydrogen) atoms. The van der Waals surface area contributed by atoms with E-state index in [1.54, 1.807) is 12.1 Å². The molecule has 0 spiro atoms. The lowest BCUT2D eigenvalue weighted by atomic mass is 9.84. The van der Waals surface area contributed by atoms with Crippen LogP contribution in [-0.2, 0) is 4.74 Å². The first-order valence-electron chi connectivity index (χ1n) is 11.6. The van der Waals surface area contributed by atoms with Crippen LogP contribution in [0.25, 0.3) is 22.4 Å². The van der Waals surface area contributed by atoms with Gasteiger partial charge in [0.1, 0.15) is 11.6 Å². The Morgan fingerprint density at radius 2 is 1.36 bits per heavy atom. The molecule has 0 saturated heterocycles. The Morgan fingerprint density at radius 3 is 1.86 bits per heavy atom. The molecule has 0 amide bonds. The molecule has 3 nitrogen and oxygen atoms in total. The number of carbonyl (C=O) groups is 1. The van der Waals surface area contributed by atoms with Gasteiger partial charge in [0.2, 0.25) is 0 Å². The van der Waals surface area contributed by atoms with Crippen molar-refractivity contribution in [3.63, 3.8) is 0 Å². The van der Waals surface area contributed by atoms with Crippen LogP contribution >= 0.6 is 0 Å². The van der Waals surface area contributed by atoms with E-state index in [9.17, 15) is 13.6 Å². The fraction of sp³-hybridized carbons (Fsp3) is 0.200. The van der Waals surface area contributed by atoms with Gasteiger partial charge in [-0.1, -0.05) is 55.8 Å². The molecule has 0 fully saturated rings. The van der Waals surface area contributed by atoms with Crippen molar-refractivity contribution in [2.24, 2.45) is 0 Å². The van der Waals surface area contributed by atoms with Gasteiger partial charge in [0.25, 0.3) is 0 Å². The highest BCUT2D eigenvalue weighted by molar-refractivity contribution is 6.04. The number of rotatable bonds is 6. The summed E-state index contributed by atoms with van der Waals surface area (Å²) in [5.74, 6) is -1.87. The first-order valence-corrected chi connectivity index (χ1v) is 11.6. The van der Waals surface area contributed by atoms with Gasteiger partial charge in [-0.15, -0.1) is 0 Å². The Bertz CT molecular complexity index is 1380. The lowest BCUT2D eigenvalue weighted by molar-refractivity contribution is 0.0602. The number of hydrogen-bond donors (Lipinski definition) is 0. The number of pyridine rings is 1. The number of aryl methyl sites for hydroxylation is 1. The smallest absolute Gasteiger partial charge is 0.340 e. The van der Waals surface area contributed by atoms with Crippen molar-refractivity contribution < 1.29 is 22.7 Å². The summed E-state index contributed by atoms with van der Waals surface area (Å²) in [6.45, 7) is 5.68. The minimum absolute atomic E-state index is 0.0323. The summed E-state index contributed by atoms with van der Waals surface area (Å²) < 4.78 is 49.2. The first kappa shape index (κ1) is 25.2. The SMILES string of the molecule is COC(=O)c1c(-c2ccc(F)cc2)nc(C(C)C)c(C(F)c2ccc(C)cc2)c1-c1ccc(F)cc1. The van der Waals surface area contributed by atoms with Gasteiger partial charge in [-0.3, -0.25) is 4.98 Å². The van der Waals surface area contributed by atoms with E-state index in [2.05, 4.69) is 0 Å². The predicted molar refractivity (Wildman–Crippen MR) is 135 cm³/mol. The van der Waals surface area contributed by atoms with E-state index < -0.39 is 23.8 Å². The van der Waals surface area contributed by atoms with Gasteiger partial charge in [-0.25, -0.2) is 18.0 Å². The van der Waals surface area contributed by atoms with Gasteiger partial charge in [-0.2, -0.15) is 0 Å². The number of methoxy groups -OCH3 is 1. The Balaban J connectivity index is 2.15. The van der Waals surface area contributed by atoms with E-state index in [0.717, 1.165) is 5.56 Å². The van der Waals surface area contributed by atoms with Gasteiger partial charge < -0.3 is 4.74 Å². The molecule has 1 unspecified atom stereocenters. The highest BCUT2D eigenvalue weighted by Gasteiger charge is 2.32. The van der Waals surface area contributed by atoms with Crippen molar-refractivity contribution in [1.82, 2.24) is 4.98 Å². The molecule has 0 N–H and O–H groups in total. The summed E-state index contributed by atoms with van der Waals surface area (Å²) in [7, 11) is 1.23. The third-order valence-electron chi connectivity index (χ3n) is 6.07. The molecule has 0 aliphatic rings. The van der Waals surface area contributed by atoms with Crippen molar-refractivity contribution in [1.29, 1.82) is 0 Å². The molecule has 0 bridgehead atoms. The van der Waals surface area contributed by atoms with E-state index in [1.807, 2.05) is 32.9 Å². The molecule has 0 aliphatic heterocycles. The Hall–Kier alpha value is -3.93. The zero-order chi connectivity index (χ0) is 26.0. The molecule has 3 aromatic carbocycles. The largest absolute Gasteiger partial charge is 0.465 e. The van der Waals surface area contributed by atoms with Crippen molar-refractivity contribution in [3.05, 3.63) is 112 Å². The van der Waals surface area contributed by atoms with E-state index in [4.69, 9.17) is 9.72 Å². The van der Waals surface area contributed by atoms with Crippen LogP contribution in [0.1, 0.15) is 58.7 Å². The maximum atomic E-state index is 16.5. The van der Waals surface area contributed by atoms with Crippen LogP contribution in [0.4, 0.5) is 13.2 Å². The van der Waals surface area contributed by atoms with Crippen LogP contribution < -0.4 is 0 Å². The molecule has 6 heteroatoms. The molecule has 0 radical (unpaired) electrons. The highest BCUT2D eigenvalue weighted by Crippen LogP contribution is 2.44. The van der Waals surface area contributed by atoms with Crippen LogP contribution in [-0.4, -0.2) is 18.1 Å². The number of aromatic nitrogens is 1. The zero-order valence-corrected chi connectivity index (χ0v) is 20.5. The van der Waals surface area contributed by atoms with E-state index >= 15 is 4.39 Å². The number of carbonyl (C=O) groups excluding carboxylic acids is 1. The Morgan fingerprint density at radius 1 is 0.833 bits per heavy atom. The maximum Gasteiger partial charge on any atom is 0.340 e. The quantitative estimate of drug-likeness (QED) is 0.258. The zero-order valence-electron chi connectivity index (χ0n) is 20.5. The second-order valence-electron chi connectivity index (χ2n) is 8.94. The highest BCUT2D eigenvalue weighted by atomic mass is 19.1. The number of benzene rings is 3. The second kappa shape index (κ2) is 10.4. The van der Waals surface area contributed by atoms with Crippen LogP contribution in [0.15, 0.2) is 72.8 Å². The van der Waals surface area contributed by atoms with Gasteiger partial charge in [0.05, 0.1) is 24.1 Å². The topological polar surface area (TPSA) is 39.2 Å². The standard InChI is InChI=1S/C30H26F3NO2/c1-17(2)28-25(27(33)20-7-5-18(3)6-8-20)24(19-9-13-22(31)14-10-19)26(30(35)36-4)29(34-28)21-11-15-23(32)16-12-21/h5-17,27H,1-4H3. The molecule has 4 rings (SSSR count). The summed E-state index contributed by atoms with van der Waals surface area (Å²) in [4.78, 5) is 18.0. The van der Waals surface area contributed by atoms with Crippen LogP contribution in [0.2, 0.25) is 0 Å². The summed E-state index contributed by atoms with van der Waals surface area (Å²) in [5, 5.41) is 0.